The molecule has 0 bridgehead atoms. The number of hydrogen-bond acceptors (Lipinski definition) is 4. The molecular weight excluding hydrogens is 537 g/mol. The number of halogens is 4. The second-order valence-electron chi connectivity index (χ2n) is 10.5. The maximum absolute atomic E-state index is 14.4. The fourth-order valence-electron chi connectivity index (χ4n) is 4.84. The molecular formula is C27H24ClF3N4O4. The standard InChI is InChI=1S/C27H24ClF3N4O4/c1-27(2,3)39-26(38)35-10-21-23(13-7-17(30)18(31)8-14(13)24(36)33-21)22(11-35)34(4)25(37)20-9-15-16(28)5-12(29)6-19(15)32-20/h5-9,22,32H,10-11H2,1-4H3,(H,33,36). The fraction of sp³-hybridized carbons (Fsp3) is 0.296. The molecule has 0 spiro atoms. The number of nitrogens with one attached hydrogen (secondary N) is 2. The number of rotatable bonds is 2. The molecule has 204 valence electrons. The van der Waals surface area contributed by atoms with Crippen LogP contribution in [0.4, 0.5) is 18.0 Å². The van der Waals surface area contributed by atoms with Crippen LogP contribution in [-0.4, -0.2) is 51.0 Å². The van der Waals surface area contributed by atoms with Crippen LogP contribution in [0, 0.1) is 17.5 Å². The Bertz CT molecular complexity index is 1730. The summed E-state index contributed by atoms with van der Waals surface area (Å²) in [4.78, 5) is 47.6. The van der Waals surface area contributed by atoms with E-state index in [1.807, 2.05) is 0 Å². The predicted octanol–water partition coefficient (Wildman–Crippen LogP) is 5.64. The lowest BCUT2D eigenvalue weighted by Crippen LogP contribution is -2.47. The smallest absolute Gasteiger partial charge is 0.410 e. The highest BCUT2D eigenvalue weighted by molar-refractivity contribution is 6.35. The van der Waals surface area contributed by atoms with Crippen molar-refractivity contribution in [3.8, 4) is 0 Å². The molecule has 1 unspecified atom stereocenters. The molecule has 0 aliphatic carbocycles. The number of aromatic nitrogens is 2. The molecule has 3 heterocycles. The Labute approximate surface area is 225 Å². The van der Waals surface area contributed by atoms with Gasteiger partial charge in [-0.15, -0.1) is 0 Å². The number of ether oxygens (including phenoxy) is 1. The van der Waals surface area contributed by atoms with Crippen molar-refractivity contribution in [1.29, 1.82) is 0 Å². The lowest BCUT2D eigenvalue weighted by Gasteiger charge is -2.39. The van der Waals surface area contributed by atoms with Gasteiger partial charge in [0.2, 0.25) is 0 Å². The van der Waals surface area contributed by atoms with Crippen molar-refractivity contribution < 1.29 is 27.5 Å². The van der Waals surface area contributed by atoms with Gasteiger partial charge in [-0.25, -0.2) is 18.0 Å². The van der Waals surface area contributed by atoms with Gasteiger partial charge in [0.15, 0.2) is 11.6 Å². The van der Waals surface area contributed by atoms with Crippen LogP contribution in [0.5, 0.6) is 0 Å². The number of benzene rings is 2. The minimum atomic E-state index is -1.19. The average Bonchev–Trinajstić information content (AvgIpc) is 3.27. The Morgan fingerprint density at radius 1 is 1.03 bits per heavy atom. The van der Waals surface area contributed by atoms with Gasteiger partial charge in [-0.1, -0.05) is 11.6 Å². The number of hydrogen-bond donors (Lipinski definition) is 2. The SMILES string of the molecule is CN(C(=O)c1cc2c(Cl)cc(F)cc2[nH]1)C1CN(C(=O)OC(C)(C)C)Cc2[nH]c(=O)c3cc(F)c(F)cc3c21. The second-order valence-corrected chi connectivity index (χ2v) is 10.9. The summed E-state index contributed by atoms with van der Waals surface area (Å²) in [6.45, 7) is 4.94. The van der Waals surface area contributed by atoms with E-state index in [9.17, 15) is 27.6 Å². The van der Waals surface area contributed by atoms with Crippen molar-refractivity contribution in [3.05, 3.63) is 80.1 Å². The van der Waals surface area contributed by atoms with Gasteiger partial charge in [0, 0.05) is 30.2 Å². The van der Waals surface area contributed by atoms with Crippen LogP contribution in [0.1, 0.15) is 48.6 Å². The molecule has 0 saturated carbocycles. The van der Waals surface area contributed by atoms with E-state index in [1.54, 1.807) is 20.8 Å². The van der Waals surface area contributed by atoms with Crippen molar-refractivity contribution in [3.63, 3.8) is 0 Å². The van der Waals surface area contributed by atoms with Crippen molar-refractivity contribution in [2.24, 2.45) is 0 Å². The van der Waals surface area contributed by atoms with Crippen LogP contribution in [0.25, 0.3) is 21.7 Å². The second kappa shape index (κ2) is 9.33. The van der Waals surface area contributed by atoms with E-state index in [0.717, 1.165) is 18.2 Å². The van der Waals surface area contributed by atoms with Crippen LogP contribution < -0.4 is 5.56 Å². The van der Waals surface area contributed by atoms with Gasteiger partial charge in [-0.2, -0.15) is 0 Å². The molecule has 1 aliphatic rings. The fourth-order valence-corrected chi connectivity index (χ4v) is 5.10. The Morgan fingerprint density at radius 3 is 2.36 bits per heavy atom. The summed E-state index contributed by atoms with van der Waals surface area (Å²) in [7, 11) is 1.47. The zero-order chi connectivity index (χ0) is 28.4. The van der Waals surface area contributed by atoms with Gasteiger partial charge < -0.3 is 19.6 Å². The number of pyridine rings is 1. The van der Waals surface area contributed by atoms with E-state index in [-0.39, 0.29) is 40.3 Å². The van der Waals surface area contributed by atoms with E-state index < -0.39 is 46.7 Å². The molecule has 1 aliphatic heterocycles. The molecule has 0 radical (unpaired) electrons. The zero-order valence-corrected chi connectivity index (χ0v) is 22.2. The molecule has 0 fully saturated rings. The molecule has 5 rings (SSSR count). The first-order valence-corrected chi connectivity index (χ1v) is 12.4. The van der Waals surface area contributed by atoms with Gasteiger partial charge in [-0.05, 0) is 56.5 Å². The van der Waals surface area contributed by atoms with Crippen LogP contribution in [0.15, 0.2) is 35.1 Å². The molecule has 2 aromatic carbocycles. The third-order valence-electron chi connectivity index (χ3n) is 6.58. The summed E-state index contributed by atoms with van der Waals surface area (Å²) in [5, 5.41) is 0.560. The molecule has 0 saturated heterocycles. The molecule has 1 atom stereocenters. The highest BCUT2D eigenvalue weighted by Gasteiger charge is 2.37. The number of amides is 2. The van der Waals surface area contributed by atoms with E-state index in [2.05, 4.69) is 9.97 Å². The number of carbonyl (C=O) groups is 2. The molecule has 2 amide bonds. The molecule has 12 heteroatoms. The van der Waals surface area contributed by atoms with Gasteiger partial charge in [0.05, 0.1) is 28.5 Å². The van der Waals surface area contributed by atoms with E-state index in [4.69, 9.17) is 16.3 Å². The van der Waals surface area contributed by atoms with Crippen molar-refractivity contribution >= 4 is 45.3 Å². The lowest BCUT2D eigenvalue weighted by molar-refractivity contribution is 0.0142. The highest BCUT2D eigenvalue weighted by atomic mass is 35.5. The zero-order valence-electron chi connectivity index (χ0n) is 21.4. The molecule has 2 N–H and O–H groups in total. The predicted molar refractivity (Wildman–Crippen MR) is 139 cm³/mol. The van der Waals surface area contributed by atoms with Gasteiger partial charge in [-0.3, -0.25) is 14.5 Å². The van der Waals surface area contributed by atoms with Gasteiger partial charge >= 0.3 is 6.09 Å². The minimum absolute atomic E-state index is 0.0695. The normalized spacial score (nSPS) is 15.5. The Hall–Kier alpha value is -3.99. The highest BCUT2D eigenvalue weighted by Crippen LogP contribution is 2.36. The van der Waals surface area contributed by atoms with Crippen LogP contribution in [-0.2, 0) is 11.3 Å². The summed E-state index contributed by atoms with van der Waals surface area (Å²) >= 11 is 6.15. The average molecular weight is 561 g/mol. The van der Waals surface area contributed by atoms with Crippen LogP contribution in [0.2, 0.25) is 5.02 Å². The topological polar surface area (TPSA) is 98.5 Å². The summed E-state index contributed by atoms with van der Waals surface area (Å²) in [5.41, 5.74) is -0.481. The van der Waals surface area contributed by atoms with Gasteiger partial charge in [0.25, 0.3) is 11.5 Å². The number of H-pyrrole nitrogens is 2. The van der Waals surface area contributed by atoms with E-state index in [0.29, 0.717) is 16.5 Å². The quantitative estimate of drug-likeness (QED) is 0.331. The Balaban J connectivity index is 1.64. The number of aromatic amines is 2. The van der Waals surface area contributed by atoms with Gasteiger partial charge in [0.1, 0.15) is 17.1 Å². The van der Waals surface area contributed by atoms with Crippen molar-refractivity contribution in [2.75, 3.05) is 13.6 Å². The maximum atomic E-state index is 14.4. The number of fused-ring (bicyclic) bond motifs is 4. The summed E-state index contributed by atoms with van der Waals surface area (Å²) < 4.78 is 47.8. The van der Waals surface area contributed by atoms with E-state index >= 15 is 0 Å². The molecule has 4 aromatic rings. The third kappa shape index (κ3) is 4.82. The summed E-state index contributed by atoms with van der Waals surface area (Å²) in [6.07, 6.45) is -0.682. The Morgan fingerprint density at radius 2 is 1.69 bits per heavy atom. The van der Waals surface area contributed by atoms with Crippen LogP contribution >= 0.6 is 11.6 Å². The first kappa shape index (κ1) is 26.6. The maximum Gasteiger partial charge on any atom is 0.410 e. The minimum Gasteiger partial charge on any atom is -0.444 e. The Kier molecular flexibility index (Phi) is 6.37. The number of carbonyl (C=O) groups excluding carboxylic acids is 2. The third-order valence-corrected chi connectivity index (χ3v) is 6.90. The molecule has 2 aromatic heterocycles. The van der Waals surface area contributed by atoms with Crippen molar-refractivity contribution in [1.82, 2.24) is 19.8 Å². The first-order chi connectivity index (χ1) is 18.2. The monoisotopic (exact) mass is 560 g/mol. The van der Waals surface area contributed by atoms with Crippen LogP contribution in [0.3, 0.4) is 0 Å². The summed E-state index contributed by atoms with van der Waals surface area (Å²) in [6, 6.07) is 4.62. The molecule has 39 heavy (non-hydrogen) atoms. The number of nitrogens with zero attached hydrogens (tertiary/aromatic N) is 2. The lowest BCUT2D eigenvalue weighted by atomic mass is 9.92. The number of likely N-dealkylation sites (N-methyl/N-ethyl adjacent to an activating group) is 1. The summed E-state index contributed by atoms with van der Waals surface area (Å²) in [5.74, 6) is -3.49. The first-order valence-electron chi connectivity index (χ1n) is 12.0. The van der Waals surface area contributed by atoms with Crippen molar-refractivity contribution in [2.45, 2.75) is 39.0 Å². The molecule has 8 nitrogen and oxygen atoms in total. The largest absolute Gasteiger partial charge is 0.444 e. The van der Waals surface area contributed by atoms with E-state index in [1.165, 1.54) is 29.0 Å².